The molecule has 0 amide bonds. The lowest BCUT2D eigenvalue weighted by molar-refractivity contribution is 0.185. The van der Waals surface area contributed by atoms with E-state index < -0.39 is 0 Å². The predicted molar refractivity (Wildman–Crippen MR) is 87.7 cm³/mol. The van der Waals surface area contributed by atoms with Gasteiger partial charge in [-0.2, -0.15) is 0 Å². The Balaban J connectivity index is 1.70. The van der Waals surface area contributed by atoms with Crippen molar-refractivity contribution in [2.45, 2.75) is 45.7 Å². The lowest BCUT2D eigenvalue weighted by atomic mass is 10.1. The molecule has 0 radical (unpaired) electrons. The number of anilines is 1. The molecular formula is C15H28N4S. The molecule has 1 fully saturated rings. The van der Waals surface area contributed by atoms with Gasteiger partial charge in [0.2, 0.25) is 0 Å². The van der Waals surface area contributed by atoms with Gasteiger partial charge >= 0.3 is 0 Å². The van der Waals surface area contributed by atoms with Gasteiger partial charge in [-0.05, 0) is 40.7 Å². The SMILES string of the molecule is CC(CCNC(C)(C)C)N1CCN(c2nccs2)CC1. The lowest BCUT2D eigenvalue weighted by Crippen LogP contribution is -2.50. The van der Waals surface area contributed by atoms with Crippen LogP contribution >= 0.6 is 11.3 Å². The molecule has 0 aromatic carbocycles. The highest BCUT2D eigenvalue weighted by Gasteiger charge is 2.22. The van der Waals surface area contributed by atoms with Crippen molar-refractivity contribution in [3.05, 3.63) is 11.6 Å². The summed E-state index contributed by atoms with van der Waals surface area (Å²) in [5.41, 5.74) is 0.225. The van der Waals surface area contributed by atoms with Gasteiger partial charge < -0.3 is 10.2 Å². The van der Waals surface area contributed by atoms with Crippen LogP contribution < -0.4 is 10.2 Å². The molecule has 2 rings (SSSR count). The second-order valence-electron chi connectivity index (χ2n) is 6.65. The normalized spacial score (nSPS) is 19.3. The summed E-state index contributed by atoms with van der Waals surface area (Å²) < 4.78 is 0. The van der Waals surface area contributed by atoms with Crippen molar-refractivity contribution < 1.29 is 0 Å². The van der Waals surface area contributed by atoms with Crippen LogP contribution in [-0.2, 0) is 0 Å². The van der Waals surface area contributed by atoms with Gasteiger partial charge in [-0.15, -0.1) is 11.3 Å². The first-order valence-electron chi connectivity index (χ1n) is 7.59. The molecule has 1 atom stereocenters. The maximum atomic E-state index is 4.40. The van der Waals surface area contributed by atoms with Crippen LogP contribution in [0.3, 0.4) is 0 Å². The summed E-state index contributed by atoms with van der Waals surface area (Å²) in [6, 6.07) is 0.656. The van der Waals surface area contributed by atoms with E-state index in [1.807, 2.05) is 6.20 Å². The van der Waals surface area contributed by atoms with Gasteiger partial charge in [0.1, 0.15) is 0 Å². The summed E-state index contributed by atoms with van der Waals surface area (Å²) in [4.78, 5) is 9.41. The smallest absolute Gasteiger partial charge is 0.185 e. The van der Waals surface area contributed by atoms with Gasteiger partial charge in [-0.1, -0.05) is 0 Å². The molecule has 114 valence electrons. The molecule has 0 spiro atoms. The minimum atomic E-state index is 0.225. The van der Waals surface area contributed by atoms with E-state index in [9.17, 15) is 0 Å². The number of nitrogens with zero attached hydrogens (tertiary/aromatic N) is 3. The van der Waals surface area contributed by atoms with Crippen molar-refractivity contribution in [1.82, 2.24) is 15.2 Å². The van der Waals surface area contributed by atoms with E-state index in [1.54, 1.807) is 11.3 Å². The molecule has 1 aromatic rings. The summed E-state index contributed by atoms with van der Waals surface area (Å²) in [6.07, 6.45) is 3.11. The van der Waals surface area contributed by atoms with Crippen LogP contribution in [0.25, 0.3) is 0 Å². The number of thiazole rings is 1. The van der Waals surface area contributed by atoms with Crippen LogP contribution in [0.15, 0.2) is 11.6 Å². The summed E-state index contributed by atoms with van der Waals surface area (Å²) in [5, 5.41) is 6.81. The van der Waals surface area contributed by atoms with E-state index in [4.69, 9.17) is 0 Å². The van der Waals surface area contributed by atoms with Gasteiger partial charge in [0.25, 0.3) is 0 Å². The van der Waals surface area contributed by atoms with Crippen molar-refractivity contribution in [2.24, 2.45) is 0 Å². The Morgan fingerprint density at radius 3 is 2.55 bits per heavy atom. The Hall–Kier alpha value is -0.650. The maximum absolute atomic E-state index is 4.40. The van der Waals surface area contributed by atoms with E-state index in [1.165, 1.54) is 11.6 Å². The van der Waals surface area contributed by atoms with Crippen LogP contribution in [0.4, 0.5) is 5.13 Å². The fraction of sp³-hybridized carbons (Fsp3) is 0.800. The molecule has 1 aliphatic heterocycles. The van der Waals surface area contributed by atoms with Crippen LogP contribution in [0, 0.1) is 0 Å². The van der Waals surface area contributed by atoms with Crippen molar-refractivity contribution in [3.63, 3.8) is 0 Å². The Labute approximate surface area is 127 Å². The number of rotatable bonds is 5. The highest BCUT2D eigenvalue weighted by atomic mass is 32.1. The van der Waals surface area contributed by atoms with Crippen molar-refractivity contribution in [2.75, 3.05) is 37.6 Å². The highest BCUT2D eigenvalue weighted by molar-refractivity contribution is 7.13. The fourth-order valence-corrected chi connectivity index (χ4v) is 3.26. The molecule has 1 aromatic heterocycles. The third-order valence-electron chi connectivity index (χ3n) is 3.84. The monoisotopic (exact) mass is 296 g/mol. The second kappa shape index (κ2) is 6.87. The Kier molecular flexibility index (Phi) is 5.41. The zero-order valence-electron chi connectivity index (χ0n) is 13.2. The first-order valence-corrected chi connectivity index (χ1v) is 8.47. The van der Waals surface area contributed by atoms with Crippen molar-refractivity contribution in [1.29, 1.82) is 0 Å². The lowest BCUT2D eigenvalue weighted by Gasteiger charge is -2.38. The molecule has 20 heavy (non-hydrogen) atoms. The average molecular weight is 296 g/mol. The number of hydrogen-bond acceptors (Lipinski definition) is 5. The average Bonchev–Trinajstić information content (AvgIpc) is 2.91. The topological polar surface area (TPSA) is 31.4 Å². The van der Waals surface area contributed by atoms with Crippen LogP contribution in [-0.4, -0.2) is 54.2 Å². The Bertz CT molecular complexity index is 377. The molecule has 0 saturated carbocycles. The Morgan fingerprint density at radius 2 is 2.00 bits per heavy atom. The molecule has 1 unspecified atom stereocenters. The minimum Gasteiger partial charge on any atom is -0.346 e. The molecule has 0 bridgehead atoms. The summed E-state index contributed by atoms with van der Waals surface area (Å²) in [5.74, 6) is 0. The largest absolute Gasteiger partial charge is 0.346 e. The standard InChI is InChI=1S/C15H28N4S/c1-13(5-6-17-15(2,3)4)18-8-10-19(11-9-18)14-16-7-12-20-14/h7,12-13,17H,5-6,8-11H2,1-4H3. The molecular weight excluding hydrogens is 268 g/mol. The van der Waals surface area contributed by atoms with E-state index in [0.717, 1.165) is 32.7 Å². The van der Waals surface area contributed by atoms with Gasteiger partial charge in [-0.3, -0.25) is 4.90 Å². The minimum absolute atomic E-state index is 0.225. The zero-order chi connectivity index (χ0) is 14.6. The zero-order valence-corrected chi connectivity index (χ0v) is 14.0. The fourth-order valence-electron chi connectivity index (χ4n) is 2.56. The molecule has 0 aliphatic carbocycles. The molecule has 1 N–H and O–H groups in total. The molecule has 5 heteroatoms. The van der Waals surface area contributed by atoms with Crippen LogP contribution in [0.2, 0.25) is 0 Å². The number of aromatic nitrogens is 1. The van der Waals surface area contributed by atoms with Crippen molar-refractivity contribution in [3.8, 4) is 0 Å². The number of hydrogen-bond donors (Lipinski definition) is 1. The van der Waals surface area contributed by atoms with Gasteiger partial charge in [0.05, 0.1) is 0 Å². The van der Waals surface area contributed by atoms with Gasteiger partial charge in [-0.25, -0.2) is 4.98 Å². The summed E-state index contributed by atoms with van der Waals surface area (Å²) >= 11 is 1.74. The molecule has 1 saturated heterocycles. The predicted octanol–water partition coefficient (Wildman–Crippen LogP) is 2.43. The third-order valence-corrected chi connectivity index (χ3v) is 4.68. The van der Waals surface area contributed by atoms with Crippen molar-refractivity contribution >= 4 is 16.5 Å². The molecule has 1 aliphatic rings. The summed E-state index contributed by atoms with van der Waals surface area (Å²) in [7, 11) is 0. The first-order chi connectivity index (χ1) is 9.46. The van der Waals surface area contributed by atoms with E-state index in [-0.39, 0.29) is 5.54 Å². The third kappa shape index (κ3) is 4.72. The van der Waals surface area contributed by atoms with E-state index in [2.05, 4.69) is 53.2 Å². The van der Waals surface area contributed by atoms with Gasteiger partial charge in [0.15, 0.2) is 5.13 Å². The molecule has 2 heterocycles. The molecule has 4 nitrogen and oxygen atoms in total. The highest BCUT2D eigenvalue weighted by Crippen LogP contribution is 2.20. The number of piperazine rings is 1. The van der Waals surface area contributed by atoms with Crippen LogP contribution in [0.5, 0.6) is 0 Å². The maximum Gasteiger partial charge on any atom is 0.185 e. The quantitative estimate of drug-likeness (QED) is 0.904. The van der Waals surface area contributed by atoms with Gasteiger partial charge in [0, 0.05) is 49.3 Å². The van der Waals surface area contributed by atoms with E-state index in [0.29, 0.717) is 6.04 Å². The second-order valence-corrected chi connectivity index (χ2v) is 7.53. The first kappa shape index (κ1) is 15.7. The Morgan fingerprint density at radius 1 is 1.30 bits per heavy atom. The number of nitrogens with one attached hydrogen (secondary N) is 1. The summed E-state index contributed by atoms with van der Waals surface area (Å²) in [6.45, 7) is 14.6. The van der Waals surface area contributed by atoms with Crippen LogP contribution in [0.1, 0.15) is 34.1 Å². The van der Waals surface area contributed by atoms with E-state index >= 15 is 0 Å².